The SMILES string of the molecule is COc1cn(CC(C)C)cc1OC. The Hall–Kier alpha value is -1.12. The molecule has 1 aromatic rings. The third-order valence-corrected chi connectivity index (χ3v) is 1.82. The fourth-order valence-corrected chi connectivity index (χ4v) is 1.30. The molecule has 0 saturated heterocycles. The van der Waals surface area contributed by atoms with Gasteiger partial charge in [0.1, 0.15) is 0 Å². The Bertz CT molecular complexity index is 244. The van der Waals surface area contributed by atoms with Crippen LogP contribution in [0.25, 0.3) is 0 Å². The molecule has 13 heavy (non-hydrogen) atoms. The van der Waals surface area contributed by atoms with Gasteiger partial charge in [0.05, 0.1) is 14.2 Å². The number of nitrogens with zero attached hydrogens (tertiary/aromatic N) is 1. The molecular weight excluding hydrogens is 166 g/mol. The minimum absolute atomic E-state index is 0.627. The van der Waals surface area contributed by atoms with E-state index in [1.165, 1.54) is 0 Å². The number of methoxy groups -OCH3 is 2. The Morgan fingerprint density at radius 1 is 1.15 bits per heavy atom. The molecule has 74 valence electrons. The van der Waals surface area contributed by atoms with Crippen LogP contribution in [0.3, 0.4) is 0 Å². The van der Waals surface area contributed by atoms with Gasteiger partial charge < -0.3 is 14.0 Å². The zero-order chi connectivity index (χ0) is 9.84. The van der Waals surface area contributed by atoms with Crippen LogP contribution < -0.4 is 9.47 Å². The van der Waals surface area contributed by atoms with Gasteiger partial charge in [-0.3, -0.25) is 0 Å². The third kappa shape index (κ3) is 2.41. The van der Waals surface area contributed by atoms with Gasteiger partial charge in [-0.25, -0.2) is 0 Å². The minimum atomic E-state index is 0.627. The lowest BCUT2D eigenvalue weighted by molar-refractivity contribution is 0.358. The van der Waals surface area contributed by atoms with Crippen LogP contribution >= 0.6 is 0 Å². The predicted molar refractivity (Wildman–Crippen MR) is 52.4 cm³/mol. The van der Waals surface area contributed by atoms with E-state index < -0.39 is 0 Å². The summed E-state index contributed by atoms with van der Waals surface area (Å²) in [6.07, 6.45) is 3.91. The zero-order valence-electron chi connectivity index (χ0n) is 8.70. The Morgan fingerprint density at radius 3 is 1.92 bits per heavy atom. The third-order valence-electron chi connectivity index (χ3n) is 1.82. The molecule has 0 atom stereocenters. The van der Waals surface area contributed by atoms with Crippen LogP contribution in [0.15, 0.2) is 12.4 Å². The largest absolute Gasteiger partial charge is 0.491 e. The van der Waals surface area contributed by atoms with Gasteiger partial charge in [-0.1, -0.05) is 13.8 Å². The van der Waals surface area contributed by atoms with E-state index >= 15 is 0 Å². The van der Waals surface area contributed by atoms with Crippen LogP contribution in [0.2, 0.25) is 0 Å². The summed E-state index contributed by atoms with van der Waals surface area (Å²) in [5.74, 6) is 2.22. The molecule has 3 heteroatoms. The molecule has 0 amide bonds. The van der Waals surface area contributed by atoms with Crippen molar-refractivity contribution < 1.29 is 9.47 Å². The highest BCUT2D eigenvalue weighted by Crippen LogP contribution is 2.27. The second kappa shape index (κ2) is 4.21. The first kappa shape index (κ1) is 9.96. The molecule has 0 aliphatic carbocycles. The van der Waals surface area contributed by atoms with Crippen molar-refractivity contribution in [2.75, 3.05) is 14.2 Å². The molecule has 3 nitrogen and oxygen atoms in total. The average Bonchev–Trinajstić information content (AvgIpc) is 2.45. The number of hydrogen-bond donors (Lipinski definition) is 0. The van der Waals surface area contributed by atoms with E-state index in [1.807, 2.05) is 12.4 Å². The fraction of sp³-hybridized carbons (Fsp3) is 0.600. The van der Waals surface area contributed by atoms with Gasteiger partial charge in [-0.15, -0.1) is 0 Å². The van der Waals surface area contributed by atoms with E-state index in [2.05, 4.69) is 18.4 Å². The number of ether oxygens (including phenoxy) is 2. The lowest BCUT2D eigenvalue weighted by Crippen LogP contribution is -2.01. The van der Waals surface area contributed by atoms with Gasteiger partial charge >= 0.3 is 0 Å². The normalized spacial score (nSPS) is 10.5. The average molecular weight is 183 g/mol. The Labute approximate surface area is 79.3 Å². The summed E-state index contributed by atoms with van der Waals surface area (Å²) in [4.78, 5) is 0. The van der Waals surface area contributed by atoms with Crippen molar-refractivity contribution in [1.82, 2.24) is 4.57 Å². The van der Waals surface area contributed by atoms with Crippen molar-refractivity contribution in [3.05, 3.63) is 12.4 Å². The maximum atomic E-state index is 5.15. The molecule has 0 bridgehead atoms. The Balaban J connectivity index is 2.80. The molecule has 0 spiro atoms. The van der Waals surface area contributed by atoms with Gasteiger partial charge in [0.2, 0.25) is 0 Å². The number of hydrogen-bond acceptors (Lipinski definition) is 2. The topological polar surface area (TPSA) is 23.4 Å². The maximum Gasteiger partial charge on any atom is 0.178 e. The molecule has 0 aliphatic heterocycles. The Morgan fingerprint density at radius 2 is 1.62 bits per heavy atom. The van der Waals surface area contributed by atoms with Crippen LogP contribution in [0.5, 0.6) is 11.5 Å². The summed E-state index contributed by atoms with van der Waals surface area (Å²) in [5, 5.41) is 0. The summed E-state index contributed by atoms with van der Waals surface area (Å²) in [5.41, 5.74) is 0. The molecule has 0 fully saturated rings. The number of rotatable bonds is 4. The van der Waals surface area contributed by atoms with Crippen LogP contribution in [-0.2, 0) is 6.54 Å². The molecule has 0 N–H and O–H groups in total. The van der Waals surface area contributed by atoms with Crippen molar-refractivity contribution in [2.45, 2.75) is 20.4 Å². The molecule has 0 radical (unpaired) electrons. The lowest BCUT2D eigenvalue weighted by Gasteiger charge is -2.04. The van der Waals surface area contributed by atoms with Crippen LogP contribution in [0.1, 0.15) is 13.8 Å². The molecule has 0 saturated carbocycles. The van der Waals surface area contributed by atoms with Crippen molar-refractivity contribution in [2.24, 2.45) is 5.92 Å². The standard InChI is InChI=1S/C10H17NO2/c1-8(2)5-11-6-9(12-3)10(7-11)13-4/h6-8H,5H2,1-4H3. The molecular formula is C10H17NO2. The molecule has 0 aliphatic rings. The minimum Gasteiger partial charge on any atom is -0.491 e. The second-order valence-electron chi connectivity index (χ2n) is 3.49. The number of aromatic nitrogens is 1. The van der Waals surface area contributed by atoms with Gasteiger partial charge in [-0.2, -0.15) is 0 Å². The molecule has 1 rings (SSSR count). The molecule has 1 aromatic heterocycles. The summed E-state index contributed by atoms with van der Waals surface area (Å²) in [7, 11) is 3.30. The van der Waals surface area contributed by atoms with Gasteiger partial charge in [0, 0.05) is 18.9 Å². The summed E-state index contributed by atoms with van der Waals surface area (Å²) < 4.78 is 12.4. The van der Waals surface area contributed by atoms with Crippen molar-refractivity contribution in [3.8, 4) is 11.5 Å². The highest BCUT2D eigenvalue weighted by Gasteiger charge is 2.07. The van der Waals surface area contributed by atoms with E-state index in [0.717, 1.165) is 18.0 Å². The van der Waals surface area contributed by atoms with Crippen molar-refractivity contribution in [1.29, 1.82) is 0 Å². The lowest BCUT2D eigenvalue weighted by atomic mass is 10.2. The quantitative estimate of drug-likeness (QED) is 0.714. The van der Waals surface area contributed by atoms with Crippen molar-refractivity contribution in [3.63, 3.8) is 0 Å². The summed E-state index contributed by atoms with van der Waals surface area (Å²) in [6.45, 7) is 5.34. The first-order valence-electron chi connectivity index (χ1n) is 4.45. The van der Waals surface area contributed by atoms with E-state index in [9.17, 15) is 0 Å². The predicted octanol–water partition coefficient (Wildman–Crippen LogP) is 2.16. The highest BCUT2D eigenvalue weighted by molar-refractivity contribution is 5.37. The van der Waals surface area contributed by atoms with Crippen molar-refractivity contribution >= 4 is 0 Å². The monoisotopic (exact) mass is 183 g/mol. The van der Waals surface area contributed by atoms with Gasteiger partial charge in [0.25, 0.3) is 0 Å². The summed E-state index contributed by atoms with van der Waals surface area (Å²) >= 11 is 0. The molecule has 0 unspecified atom stereocenters. The van der Waals surface area contributed by atoms with Crippen LogP contribution in [0, 0.1) is 5.92 Å². The molecule has 1 heterocycles. The highest BCUT2D eigenvalue weighted by atomic mass is 16.5. The first-order valence-corrected chi connectivity index (χ1v) is 4.45. The molecule has 0 aromatic carbocycles. The zero-order valence-corrected chi connectivity index (χ0v) is 8.70. The maximum absolute atomic E-state index is 5.15. The second-order valence-corrected chi connectivity index (χ2v) is 3.49. The van der Waals surface area contributed by atoms with E-state index in [0.29, 0.717) is 5.92 Å². The van der Waals surface area contributed by atoms with E-state index in [1.54, 1.807) is 14.2 Å². The van der Waals surface area contributed by atoms with Gasteiger partial charge in [-0.05, 0) is 5.92 Å². The Kier molecular flexibility index (Phi) is 3.23. The van der Waals surface area contributed by atoms with E-state index in [4.69, 9.17) is 9.47 Å². The van der Waals surface area contributed by atoms with Crippen LogP contribution in [0.4, 0.5) is 0 Å². The van der Waals surface area contributed by atoms with E-state index in [-0.39, 0.29) is 0 Å². The van der Waals surface area contributed by atoms with Crippen LogP contribution in [-0.4, -0.2) is 18.8 Å². The van der Waals surface area contributed by atoms with Gasteiger partial charge in [0.15, 0.2) is 11.5 Å². The fourth-order valence-electron chi connectivity index (χ4n) is 1.30. The summed E-state index contributed by atoms with van der Waals surface area (Å²) in [6, 6.07) is 0. The smallest absolute Gasteiger partial charge is 0.178 e. The first-order chi connectivity index (χ1) is 6.17.